The number of hydrogen-bond donors (Lipinski definition) is 1. The van der Waals surface area contributed by atoms with Crippen molar-refractivity contribution in [3.05, 3.63) is 0 Å². The average molecular weight is 168 g/mol. The molecule has 11 heavy (non-hydrogen) atoms. The van der Waals surface area contributed by atoms with Gasteiger partial charge >= 0.3 is 6.18 Å². The molecule has 0 bridgehead atoms. The highest BCUT2D eigenvalue weighted by molar-refractivity contribution is 4.85. The van der Waals surface area contributed by atoms with E-state index in [0.29, 0.717) is 0 Å². The predicted octanol–water partition coefficient (Wildman–Crippen LogP) is 1.96. The minimum Gasteiger partial charge on any atom is -0.396 e. The Hall–Kier alpha value is -0.250. The van der Waals surface area contributed by atoms with Gasteiger partial charge in [0.25, 0.3) is 0 Å². The van der Waals surface area contributed by atoms with Crippen molar-refractivity contribution in [3.8, 4) is 0 Å². The van der Waals surface area contributed by atoms with E-state index in [-0.39, 0.29) is 24.9 Å². The van der Waals surface area contributed by atoms with Crippen LogP contribution in [0, 0.1) is 11.8 Å². The number of halogens is 3. The van der Waals surface area contributed by atoms with Gasteiger partial charge in [-0.3, -0.25) is 0 Å². The van der Waals surface area contributed by atoms with E-state index in [0.717, 1.165) is 6.42 Å². The Morgan fingerprint density at radius 1 is 1.27 bits per heavy atom. The fraction of sp³-hybridized carbons (Fsp3) is 1.00. The highest BCUT2D eigenvalue weighted by Crippen LogP contribution is 2.43. The Bertz CT molecular complexity index is 132. The highest BCUT2D eigenvalue weighted by atomic mass is 19.4. The summed E-state index contributed by atoms with van der Waals surface area (Å²) in [6, 6.07) is 0. The van der Waals surface area contributed by atoms with Crippen molar-refractivity contribution in [1.82, 2.24) is 0 Å². The summed E-state index contributed by atoms with van der Waals surface area (Å²) < 4.78 is 34.8. The molecule has 0 unspecified atom stereocenters. The Kier molecular flexibility index (Phi) is 2.42. The fourth-order valence-corrected chi connectivity index (χ4v) is 1.24. The predicted molar refractivity (Wildman–Crippen MR) is 34.0 cm³/mol. The van der Waals surface area contributed by atoms with Crippen molar-refractivity contribution in [3.63, 3.8) is 0 Å². The van der Waals surface area contributed by atoms with Crippen LogP contribution in [-0.2, 0) is 0 Å². The number of aliphatic hydroxyl groups excluding tert-OH is 1. The molecule has 1 fully saturated rings. The van der Waals surface area contributed by atoms with Gasteiger partial charge in [0.2, 0.25) is 0 Å². The summed E-state index contributed by atoms with van der Waals surface area (Å²) in [7, 11) is 0. The molecule has 0 spiro atoms. The number of alkyl halides is 3. The van der Waals surface area contributed by atoms with Crippen molar-refractivity contribution in [1.29, 1.82) is 0 Å². The zero-order chi connectivity index (χ0) is 8.48. The first kappa shape index (κ1) is 8.84. The first-order chi connectivity index (χ1) is 5.03. The second-order valence-corrected chi connectivity index (χ2v) is 3.09. The van der Waals surface area contributed by atoms with Crippen LogP contribution in [0.1, 0.15) is 19.3 Å². The summed E-state index contributed by atoms with van der Waals surface area (Å²) >= 11 is 0. The summed E-state index contributed by atoms with van der Waals surface area (Å²) in [6.45, 7) is 0.0442. The number of hydrogen-bond acceptors (Lipinski definition) is 1. The molecule has 0 aromatic rings. The van der Waals surface area contributed by atoms with Crippen molar-refractivity contribution in [2.75, 3.05) is 6.61 Å². The van der Waals surface area contributed by atoms with E-state index in [4.69, 9.17) is 5.11 Å². The molecule has 0 heterocycles. The Morgan fingerprint density at radius 2 is 1.91 bits per heavy atom. The lowest BCUT2D eigenvalue weighted by Gasteiger charge is -2.04. The lowest BCUT2D eigenvalue weighted by Crippen LogP contribution is -2.07. The van der Waals surface area contributed by atoms with Crippen molar-refractivity contribution < 1.29 is 18.3 Å². The van der Waals surface area contributed by atoms with E-state index in [9.17, 15) is 13.2 Å². The summed E-state index contributed by atoms with van der Waals surface area (Å²) in [5, 5.41) is 8.52. The van der Waals surface area contributed by atoms with Crippen LogP contribution < -0.4 is 0 Å². The zero-order valence-corrected chi connectivity index (χ0v) is 6.06. The van der Waals surface area contributed by atoms with Gasteiger partial charge in [0.1, 0.15) is 0 Å². The fourth-order valence-electron chi connectivity index (χ4n) is 1.24. The van der Waals surface area contributed by atoms with E-state index < -0.39 is 12.6 Å². The molecule has 0 aromatic heterocycles. The highest BCUT2D eigenvalue weighted by Gasteiger charge is 2.39. The van der Waals surface area contributed by atoms with Gasteiger partial charge in [-0.1, -0.05) is 0 Å². The molecule has 0 aliphatic heterocycles. The smallest absolute Gasteiger partial charge is 0.389 e. The van der Waals surface area contributed by atoms with E-state index in [1.807, 2.05) is 0 Å². The minimum absolute atomic E-state index is 0.0442. The van der Waals surface area contributed by atoms with Crippen LogP contribution in [0.5, 0.6) is 0 Å². The second kappa shape index (κ2) is 3.01. The molecule has 0 radical (unpaired) electrons. The van der Waals surface area contributed by atoms with Crippen LogP contribution in [0.2, 0.25) is 0 Å². The summed E-state index contributed by atoms with van der Waals surface area (Å²) in [6.07, 6.45) is -3.77. The maximum atomic E-state index is 11.6. The average Bonchev–Trinajstić information content (AvgIpc) is 2.60. The molecule has 0 aromatic carbocycles. The van der Waals surface area contributed by atoms with Gasteiger partial charge in [-0.05, 0) is 24.7 Å². The molecule has 0 amide bonds. The van der Waals surface area contributed by atoms with Crippen LogP contribution in [0.15, 0.2) is 0 Å². The van der Waals surface area contributed by atoms with Crippen LogP contribution in [0.3, 0.4) is 0 Å². The Labute approximate surface area is 63.2 Å². The molecule has 1 aliphatic rings. The zero-order valence-electron chi connectivity index (χ0n) is 6.06. The van der Waals surface area contributed by atoms with Gasteiger partial charge in [0.15, 0.2) is 0 Å². The molecule has 1 nitrogen and oxygen atoms in total. The lowest BCUT2D eigenvalue weighted by atomic mass is 10.2. The van der Waals surface area contributed by atoms with Gasteiger partial charge < -0.3 is 5.11 Å². The van der Waals surface area contributed by atoms with Crippen LogP contribution in [-0.4, -0.2) is 17.9 Å². The SMILES string of the molecule is OC[C@H]1C[C@@H]1CCC(F)(F)F. The van der Waals surface area contributed by atoms with Gasteiger partial charge in [-0.25, -0.2) is 0 Å². The number of aliphatic hydroxyl groups is 1. The molecular formula is C7H11F3O. The maximum absolute atomic E-state index is 11.6. The van der Waals surface area contributed by atoms with Crippen LogP contribution in [0.25, 0.3) is 0 Å². The lowest BCUT2D eigenvalue weighted by molar-refractivity contribution is -0.136. The molecule has 1 N–H and O–H groups in total. The summed E-state index contributed by atoms with van der Waals surface area (Å²) in [4.78, 5) is 0. The van der Waals surface area contributed by atoms with E-state index in [2.05, 4.69) is 0 Å². The normalized spacial score (nSPS) is 30.5. The summed E-state index contributed by atoms with van der Waals surface area (Å²) in [5.41, 5.74) is 0. The number of rotatable bonds is 3. The third-order valence-electron chi connectivity index (χ3n) is 2.10. The molecule has 2 atom stereocenters. The van der Waals surface area contributed by atoms with Crippen molar-refractivity contribution >= 4 is 0 Å². The Morgan fingerprint density at radius 3 is 2.27 bits per heavy atom. The quantitative estimate of drug-likeness (QED) is 0.682. The van der Waals surface area contributed by atoms with E-state index in [1.54, 1.807) is 0 Å². The van der Waals surface area contributed by atoms with E-state index in [1.165, 1.54) is 0 Å². The molecule has 66 valence electrons. The Balaban J connectivity index is 2.06. The van der Waals surface area contributed by atoms with Crippen LogP contribution in [0.4, 0.5) is 13.2 Å². The topological polar surface area (TPSA) is 20.2 Å². The van der Waals surface area contributed by atoms with Gasteiger partial charge in [-0.15, -0.1) is 0 Å². The van der Waals surface area contributed by atoms with Gasteiger partial charge in [0, 0.05) is 13.0 Å². The molecule has 4 heteroatoms. The summed E-state index contributed by atoms with van der Waals surface area (Å²) in [5.74, 6) is 0.277. The first-order valence-electron chi connectivity index (χ1n) is 3.70. The third-order valence-corrected chi connectivity index (χ3v) is 2.10. The molecule has 1 saturated carbocycles. The standard InChI is InChI=1S/C7H11F3O/c8-7(9,10)2-1-5-3-6(5)4-11/h5-6,11H,1-4H2/t5-,6+/m0/s1. The molecule has 1 aliphatic carbocycles. The maximum Gasteiger partial charge on any atom is 0.389 e. The second-order valence-electron chi connectivity index (χ2n) is 3.09. The molecule has 0 saturated heterocycles. The van der Waals surface area contributed by atoms with E-state index >= 15 is 0 Å². The first-order valence-corrected chi connectivity index (χ1v) is 3.70. The van der Waals surface area contributed by atoms with Gasteiger partial charge in [0.05, 0.1) is 0 Å². The van der Waals surface area contributed by atoms with Crippen molar-refractivity contribution in [2.24, 2.45) is 11.8 Å². The van der Waals surface area contributed by atoms with Gasteiger partial charge in [-0.2, -0.15) is 13.2 Å². The monoisotopic (exact) mass is 168 g/mol. The largest absolute Gasteiger partial charge is 0.396 e. The molecule has 1 rings (SSSR count). The third kappa shape index (κ3) is 3.10. The molecular weight excluding hydrogens is 157 g/mol. The van der Waals surface area contributed by atoms with Crippen molar-refractivity contribution in [2.45, 2.75) is 25.4 Å². The minimum atomic E-state index is -4.03. The van der Waals surface area contributed by atoms with Crippen LogP contribution >= 0.6 is 0 Å².